The van der Waals surface area contributed by atoms with Gasteiger partial charge in [0.15, 0.2) is 0 Å². The molecule has 1 atom stereocenters. The molecule has 1 fully saturated rings. The highest BCUT2D eigenvalue weighted by molar-refractivity contribution is 7.10. The molecule has 0 amide bonds. The van der Waals surface area contributed by atoms with Crippen LogP contribution in [0, 0.1) is 11.3 Å². The monoisotopic (exact) mass is 285 g/mol. The molecule has 2 heterocycles. The van der Waals surface area contributed by atoms with Gasteiger partial charge in [-0.05, 0) is 0 Å². The van der Waals surface area contributed by atoms with Crippen molar-refractivity contribution < 1.29 is 4.74 Å². The van der Waals surface area contributed by atoms with Crippen molar-refractivity contribution in [3.63, 3.8) is 0 Å². The Morgan fingerprint density at radius 2 is 2.25 bits per heavy atom. The van der Waals surface area contributed by atoms with Crippen LogP contribution in [-0.2, 0) is 4.74 Å². The van der Waals surface area contributed by atoms with Crippen molar-refractivity contribution in [2.24, 2.45) is 0 Å². The van der Waals surface area contributed by atoms with E-state index in [1.54, 1.807) is 11.3 Å². The highest BCUT2D eigenvalue weighted by atomic mass is 32.1. The van der Waals surface area contributed by atoms with Crippen molar-refractivity contribution in [3.05, 3.63) is 40.7 Å². The normalized spacial score (nSPS) is 19.6. The molecule has 0 radical (unpaired) electrons. The average molecular weight is 285 g/mol. The Hall–Kier alpha value is -1.74. The number of rotatable bonds is 3. The number of nitriles is 1. The fourth-order valence-electron chi connectivity index (χ4n) is 2.27. The maximum absolute atomic E-state index is 8.78. The summed E-state index contributed by atoms with van der Waals surface area (Å²) < 4.78 is 5.79. The van der Waals surface area contributed by atoms with E-state index in [0.717, 1.165) is 29.4 Å². The number of hydrogen-bond acceptors (Lipinski definition) is 5. The maximum Gasteiger partial charge on any atom is 0.124 e. The van der Waals surface area contributed by atoms with Crippen molar-refractivity contribution in [1.82, 2.24) is 9.88 Å². The van der Waals surface area contributed by atoms with E-state index < -0.39 is 0 Å². The molecule has 1 aliphatic rings. The minimum absolute atomic E-state index is 0.0143. The molecule has 1 aromatic carbocycles. The zero-order valence-corrected chi connectivity index (χ0v) is 11.8. The molecule has 5 heteroatoms. The van der Waals surface area contributed by atoms with Crippen LogP contribution in [0.5, 0.6) is 0 Å². The molecule has 4 nitrogen and oxygen atoms in total. The predicted molar refractivity (Wildman–Crippen MR) is 78.3 cm³/mol. The summed E-state index contributed by atoms with van der Waals surface area (Å²) in [4.78, 5) is 6.79. The number of hydrogen-bond donors (Lipinski definition) is 0. The summed E-state index contributed by atoms with van der Waals surface area (Å²) in [6.45, 7) is 2.68. The van der Waals surface area contributed by atoms with E-state index in [0.29, 0.717) is 13.2 Å². The average Bonchev–Trinajstić information content (AvgIpc) is 2.99. The summed E-state index contributed by atoms with van der Waals surface area (Å²) in [7, 11) is 0. The van der Waals surface area contributed by atoms with Gasteiger partial charge in [-0.1, -0.05) is 30.3 Å². The molecule has 1 aliphatic heterocycles. The Kier molecular flexibility index (Phi) is 4.07. The second kappa shape index (κ2) is 6.14. The van der Waals surface area contributed by atoms with Crippen LogP contribution in [0.4, 0.5) is 0 Å². The van der Waals surface area contributed by atoms with Crippen LogP contribution in [0.15, 0.2) is 35.7 Å². The van der Waals surface area contributed by atoms with Gasteiger partial charge in [0.05, 0.1) is 24.9 Å². The number of ether oxygens (including phenoxy) is 1. The van der Waals surface area contributed by atoms with Gasteiger partial charge in [0.2, 0.25) is 0 Å². The summed E-state index contributed by atoms with van der Waals surface area (Å²) in [5.74, 6) is 0. The van der Waals surface area contributed by atoms with Gasteiger partial charge in [-0.15, -0.1) is 11.3 Å². The van der Waals surface area contributed by atoms with Gasteiger partial charge in [0.1, 0.15) is 11.1 Å². The summed E-state index contributed by atoms with van der Waals surface area (Å²) in [5, 5.41) is 11.8. The lowest BCUT2D eigenvalue weighted by atomic mass is 10.2. The largest absolute Gasteiger partial charge is 0.368 e. The van der Waals surface area contributed by atoms with Crippen molar-refractivity contribution in [1.29, 1.82) is 5.26 Å². The van der Waals surface area contributed by atoms with Crippen molar-refractivity contribution in [3.8, 4) is 17.3 Å². The van der Waals surface area contributed by atoms with E-state index in [1.165, 1.54) is 0 Å². The number of nitrogens with zero attached hydrogens (tertiary/aromatic N) is 3. The van der Waals surface area contributed by atoms with E-state index in [1.807, 2.05) is 18.2 Å². The van der Waals surface area contributed by atoms with Gasteiger partial charge >= 0.3 is 0 Å². The Labute approximate surface area is 122 Å². The maximum atomic E-state index is 8.78. The van der Waals surface area contributed by atoms with Crippen LogP contribution in [0.1, 0.15) is 11.1 Å². The number of morpholine rings is 1. The van der Waals surface area contributed by atoms with Gasteiger partial charge in [-0.2, -0.15) is 5.26 Å². The van der Waals surface area contributed by atoms with E-state index in [9.17, 15) is 0 Å². The number of benzene rings is 1. The third-order valence-corrected chi connectivity index (χ3v) is 4.25. The zero-order chi connectivity index (χ0) is 13.8. The minimum Gasteiger partial charge on any atom is -0.368 e. The van der Waals surface area contributed by atoms with Gasteiger partial charge in [0.25, 0.3) is 0 Å². The van der Waals surface area contributed by atoms with Crippen LogP contribution >= 0.6 is 11.3 Å². The zero-order valence-electron chi connectivity index (χ0n) is 11.0. The van der Waals surface area contributed by atoms with Crippen LogP contribution in [0.2, 0.25) is 0 Å². The first-order valence-electron chi connectivity index (χ1n) is 6.58. The van der Waals surface area contributed by atoms with Crippen molar-refractivity contribution in [2.75, 3.05) is 26.2 Å². The van der Waals surface area contributed by atoms with Gasteiger partial charge in [0, 0.05) is 24.0 Å². The molecule has 1 saturated heterocycles. The molecule has 0 N–H and O–H groups in total. The van der Waals surface area contributed by atoms with Crippen LogP contribution < -0.4 is 0 Å². The van der Waals surface area contributed by atoms with E-state index in [2.05, 4.69) is 33.5 Å². The van der Waals surface area contributed by atoms with Gasteiger partial charge < -0.3 is 4.74 Å². The molecule has 3 rings (SSSR count). The Morgan fingerprint density at radius 3 is 3.05 bits per heavy atom. The third kappa shape index (κ3) is 2.88. The topological polar surface area (TPSA) is 49.2 Å². The Balaban J connectivity index is 1.75. The molecular weight excluding hydrogens is 270 g/mol. The number of thiazole rings is 1. The lowest BCUT2D eigenvalue weighted by molar-refractivity contribution is -0.0255. The molecule has 0 bridgehead atoms. The second-order valence-electron chi connectivity index (χ2n) is 4.69. The summed E-state index contributed by atoms with van der Waals surface area (Å²) >= 11 is 1.63. The lowest BCUT2D eigenvalue weighted by Gasteiger charge is -2.29. The molecule has 0 spiro atoms. The van der Waals surface area contributed by atoms with Crippen molar-refractivity contribution in [2.45, 2.75) is 6.10 Å². The second-order valence-corrected chi connectivity index (χ2v) is 5.58. The smallest absolute Gasteiger partial charge is 0.124 e. The summed E-state index contributed by atoms with van der Waals surface area (Å²) in [6.07, 6.45) is -0.0143. The molecule has 20 heavy (non-hydrogen) atoms. The SMILES string of the molecule is N#CCN1CCO[C@H](c2nc(-c3ccccc3)cs2)C1. The Bertz CT molecular complexity index is 605. The standard InChI is InChI=1S/C15H15N3OS/c16-6-7-18-8-9-19-14(10-18)15-17-13(11-20-15)12-4-2-1-3-5-12/h1-5,11,14H,7-10H2/t14-/m0/s1. The summed E-state index contributed by atoms with van der Waals surface area (Å²) in [5.41, 5.74) is 2.12. The lowest BCUT2D eigenvalue weighted by Crippen LogP contribution is -2.38. The molecule has 2 aromatic rings. The number of aromatic nitrogens is 1. The van der Waals surface area contributed by atoms with E-state index in [-0.39, 0.29) is 6.10 Å². The van der Waals surface area contributed by atoms with Gasteiger partial charge in [-0.25, -0.2) is 4.98 Å². The first-order valence-corrected chi connectivity index (χ1v) is 7.46. The first-order chi connectivity index (χ1) is 9.86. The van der Waals surface area contributed by atoms with Crippen LogP contribution in [0.3, 0.4) is 0 Å². The molecule has 0 unspecified atom stereocenters. The van der Waals surface area contributed by atoms with Crippen LogP contribution in [0.25, 0.3) is 11.3 Å². The van der Waals surface area contributed by atoms with E-state index >= 15 is 0 Å². The molecule has 102 valence electrons. The van der Waals surface area contributed by atoms with E-state index in [4.69, 9.17) is 10.00 Å². The highest BCUT2D eigenvalue weighted by Crippen LogP contribution is 2.29. The quantitative estimate of drug-likeness (QED) is 0.814. The molecule has 1 aromatic heterocycles. The molecule has 0 aliphatic carbocycles. The minimum atomic E-state index is -0.0143. The fourth-order valence-corrected chi connectivity index (χ4v) is 3.14. The molecular formula is C15H15N3OS. The van der Waals surface area contributed by atoms with Gasteiger partial charge in [-0.3, -0.25) is 4.90 Å². The summed E-state index contributed by atoms with van der Waals surface area (Å²) in [6, 6.07) is 12.3. The highest BCUT2D eigenvalue weighted by Gasteiger charge is 2.24. The first kappa shape index (κ1) is 13.3. The van der Waals surface area contributed by atoms with Crippen molar-refractivity contribution >= 4 is 11.3 Å². The Morgan fingerprint density at radius 1 is 1.40 bits per heavy atom. The fraction of sp³-hybridized carbons (Fsp3) is 0.333. The third-order valence-electron chi connectivity index (χ3n) is 3.31. The predicted octanol–water partition coefficient (Wildman–Crippen LogP) is 2.71. The molecule has 0 saturated carbocycles. The van der Waals surface area contributed by atoms with Crippen LogP contribution in [-0.4, -0.2) is 36.1 Å².